The summed E-state index contributed by atoms with van der Waals surface area (Å²) in [6, 6.07) is 24.9. The van der Waals surface area contributed by atoms with Crippen molar-refractivity contribution in [3.63, 3.8) is 0 Å². The minimum absolute atomic E-state index is 0.0428. The first-order chi connectivity index (χ1) is 15.8. The Balaban J connectivity index is 1.57. The summed E-state index contributed by atoms with van der Waals surface area (Å²) < 4.78 is 34.2. The van der Waals surface area contributed by atoms with Gasteiger partial charge in [-0.3, -0.25) is 4.79 Å². The number of hydrogen-bond acceptors (Lipinski definition) is 4. The number of nitrogens with one attached hydrogen (secondary N) is 1. The minimum atomic E-state index is -3.99. The highest BCUT2D eigenvalue weighted by molar-refractivity contribution is 7.89. The molecular weight excluding hydrogens is 438 g/mol. The largest absolute Gasteiger partial charge is 0.480 e. The number of carboxylic acids is 1. The van der Waals surface area contributed by atoms with Crippen molar-refractivity contribution in [2.24, 2.45) is 5.92 Å². The minimum Gasteiger partial charge on any atom is -0.480 e. The second kappa shape index (κ2) is 9.87. The van der Waals surface area contributed by atoms with Gasteiger partial charge in [0, 0.05) is 11.8 Å². The highest BCUT2D eigenvalue weighted by atomic mass is 32.2. The molecule has 3 aromatic carbocycles. The Kier molecular flexibility index (Phi) is 6.93. The molecule has 6 nitrogen and oxygen atoms in total. The molecule has 0 bridgehead atoms. The summed E-state index contributed by atoms with van der Waals surface area (Å²) in [5.74, 6) is -1.79. The normalized spacial score (nSPS) is 19.5. The molecule has 3 atom stereocenters. The van der Waals surface area contributed by atoms with Crippen molar-refractivity contribution >= 4 is 16.0 Å². The Morgan fingerprint density at radius 2 is 1.48 bits per heavy atom. The number of carbonyl (C=O) groups is 1. The first-order valence-electron chi connectivity index (χ1n) is 10.9. The third-order valence-electron chi connectivity index (χ3n) is 6.10. The van der Waals surface area contributed by atoms with E-state index in [2.05, 4.69) is 4.72 Å². The lowest BCUT2D eigenvalue weighted by molar-refractivity contribution is -0.140. The maximum Gasteiger partial charge on any atom is 0.322 e. The number of carboxylic acid groups (broad SMARTS) is 1. The van der Waals surface area contributed by atoms with E-state index in [1.54, 1.807) is 12.1 Å². The monoisotopic (exact) mass is 465 g/mol. The summed E-state index contributed by atoms with van der Waals surface area (Å²) in [7, 11) is -3.99. The summed E-state index contributed by atoms with van der Waals surface area (Å²) >= 11 is 0. The van der Waals surface area contributed by atoms with Crippen LogP contribution in [0.1, 0.15) is 29.0 Å². The number of benzene rings is 3. The molecule has 33 heavy (non-hydrogen) atoms. The smallest absolute Gasteiger partial charge is 0.322 e. The van der Waals surface area contributed by atoms with Gasteiger partial charge in [0.15, 0.2) is 0 Å². The standard InChI is InChI=1S/C26H27NO5S/c1-18-12-14-22(15-13-18)33(30,31)27-25(26(28)29)21-16-23(32-17-21)24(19-8-4-2-5-9-19)20-10-6-3-7-11-20/h2-15,21,23-25,27H,16-17H2,1H3,(H,28,29). The molecule has 7 heteroatoms. The molecule has 1 saturated heterocycles. The van der Waals surface area contributed by atoms with Gasteiger partial charge >= 0.3 is 5.97 Å². The number of aryl methyl sites for hydroxylation is 1. The fraction of sp³-hybridized carbons (Fsp3) is 0.269. The van der Waals surface area contributed by atoms with Crippen LogP contribution in [0.5, 0.6) is 0 Å². The van der Waals surface area contributed by atoms with Crippen LogP contribution in [0.4, 0.5) is 0 Å². The van der Waals surface area contributed by atoms with Crippen molar-refractivity contribution in [2.75, 3.05) is 6.61 Å². The molecule has 0 aromatic heterocycles. The highest BCUT2D eigenvalue weighted by Crippen LogP contribution is 2.37. The lowest BCUT2D eigenvalue weighted by Gasteiger charge is -2.25. The first-order valence-corrected chi connectivity index (χ1v) is 12.4. The van der Waals surface area contributed by atoms with Crippen LogP contribution in [0.15, 0.2) is 89.8 Å². The zero-order valence-electron chi connectivity index (χ0n) is 18.3. The van der Waals surface area contributed by atoms with Gasteiger partial charge in [-0.2, -0.15) is 4.72 Å². The molecule has 1 heterocycles. The van der Waals surface area contributed by atoms with E-state index < -0.39 is 28.0 Å². The fourth-order valence-corrected chi connectivity index (χ4v) is 5.65. The van der Waals surface area contributed by atoms with Crippen LogP contribution in [0.3, 0.4) is 0 Å². The Morgan fingerprint density at radius 3 is 2.00 bits per heavy atom. The third kappa shape index (κ3) is 5.33. The van der Waals surface area contributed by atoms with Crippen molar-refractivity contribution in [2.45, 2.75) is 36.3 Å². The molecule has 0 amide bonds. The molecule has 3 unspecified atom stereocenters. The van der Waals surface area contributed by atoms with Gasteiger partial charge in [0.2, 0.25) is 10.0 Å². The van der Waals surface area contributed by atoms with Crippen LogP contribution < -0.4 is 4.72 Å². The van der Waals surface area contributed by atoms with E-state index in [9.17, 15) is 18.3 Å². The molecule has 1 aliphatic rings. The zero-order chi connectivity index (χ0) is 23.4. The van der Waals surface area contributed by atoms with Crippen molar-refractivity contribution in [3.8, 4) is 0 Å². The van der Waals surface area contributed by atoms with Crippen molar-refractivity contribution in [3.05, 3.63) is 102 Å². The molecule has 2 N–H and O–H groups in total. The topological polar surface area (TPSA) is 92.7 Å². The predicted molar refractivity (Wildman–Crippen MR) is 125 cm³/mol. The molecule has 172 valence electrons. The van der Waals surface area contributed by atoms with Crippen LogP contribution in [0.25, 0.3) is 0 Å². The number of sulfonamides is 1. The molecule has 0 spiro atoms. The Morgan fingerprint density at radius 1 is 0.939 bits per heavy atom. The number of rotatable bonds is 8. The van der Waals surface area contributed by atoms with Gasteiger partial charge in [0.25, 0.3) is 0 Å². The first kappa shape index (κ1) is 23.2. The van der Waals surface area contributed by atoms with Crippen molar-refractivity contribution < 1.29 is 23.1 Å². The van der Waals surface area contributed by atoms with Crippen LogP contribution in [0, 0.1) is 12.8 Å². The van der Waals surface area contributed by atoms with Gasteiger partial charge in [-0.1, -0.05) is 78.4 Å². The maximum absolute atomic E-state index is 12.9. The van der Waals surface area contributed by atoms with E-state index in [4.69, 9.17) is 4.74 Å². The van der Waals surface area contributed by atoms with Crippen LogP contribution in [0.2, 0.25) is 0 Å². The second-order valence-corrected chi connectivity index (χ2v) is 10.1. The lowest BCUT2D eigenvalue weighted by Crippen LogP contribution is -2.46. The van der Waals surface area contributed by atoms with E-state index in [0.717, 1.165) is 16.7 Å². The van der Waals surface area contributed by atoms with E-state index in [1.165, 1.54) is 12.1 Å². The van der Waals surface area contributed by atoms with Gasteiger partial charge < -0.3 is 9.84 Å². The van der Waals surface area contributed by atoms with Gasteiger partial charge in [-0.05, 0) is 36.6 Å². The number of aliphatic carboxylic acids is 1. The molecule has 0 radical (unpaired) electrons. The predicted octanol–water partition coefficient (Wildman–Crippen LogP) is 3.96. The van der Waals surface area contributed by atoms with Crippen LogP contribution >= 0.6 is 0 Å². The second-order valence-electron chi connectivity index (χ2n) is 8.42. The number of hydrogen-bond donors (Lipinski definition) is 2. The summed E-state index contributed by atoms with van der Waals surface area (Å²) in [4.78, 5) is 12.1. The molecular formula is C26H27NO5S. The Bertz CT molecular complexity index is 1140. The van der Waals surface area contributed by atoms with E-state index >= 15 is 0 Å². The lowest BCUT2D eigenvalue weighted by atomic mass is 9.83. The van der Waals surface area contributed by atoms with Crippen molar-refractivity contribution in [1.82, 2.24) is 4.72 Å². The highest BCUT2D eigenvalue weighted by Gasteiger charge is 2.41. The average molecular weight is 466 g/mol. The summed E-state index contributed by atoms with van der Waals surface area (Å²) in [5, 5.41) is 9.86. The zero-order valence-corrected chi connectivity index (χ0v) is 19.1. The van der Waals surface area contributed by atoms with E-state index in [0.29, 0.717) is 6.42 Å². The van der Waals surface area contributed by atoms with Crippen molar-refractivity contribution in [1.29, 1.82) is 0 Å². The van der Waals surface area contributed by atoms with Gasteiger partial charge in [-0.25, -0.2) is 8.42 Å². The van der Waals surface area contributed by atoms with Crippen LogP contribution in [-0.2, 0) is 19.6 Å². The summed E-state index contributed by atoms with van der Waals surface area (Å²) in [6.07, 6.45) is 0.146. The third-order valence-corrected chi connectivity index (χ3v) is 7.56. The molecule has 1 aliphatic heterocycles. The molecule has 0 aliphatic carbocycles. The van der Waals surface area contributed by atoms with E-state index in [-0.39, 0.29) is 23.5 Å². The van der Waals surface area contributed by atoms with Crippen LogP contribution in [-0.4, -0.2) is 38.2 Å². The Labute approximate surface area is 194 Å². The SMILES string of the molecule is Cc1ccc(S(=O)(=O)NC(C(=O)O)C2COC(C(c3ccccc3)c3ccccc3)C2)cc1. The molecule has 4 rings (SSSR count). The molecule has 3 aromatic rings. The molecule has 1 fully saturated rings. The average Bonchev–Trinajstić information content (AvgIpc) is 3.28. The Hall–Kier alpha value is -3.00. The fourth-order valence-electron chi connectivity index (χ4n) is 4.39. The van der Waals surface area contributed by atoms with E-state index in [1.807, 2.05) is 67.6 Å². The van der Waals surface area contributed by atoms with Gasteiger partial charge in [0.1, 0.15) is 6.04 Å². The molecule has 0 saturated carbocycles. The summed E-state index contributed by atoms with van der Waals surface area (Å²) in [6.45, 7) is 2.02. The summed E-state index contributed by atoms with van der Waals surface area (Å²) in [5.41, 5.74) is 3.06. The number of ether oxygens (including phenoxy) is 1. The van der Waals surface area contributed by atoms with Gasteiger partial charge in [0.05, 0.1) is 17.6 Å². The maximum atomic E-state index is 12.9. The quantitative estimate of drug-likeness (QED) is 0.525. The van der Waals surface area contributed by atoms with Gasteiger partial charge in [-0.15, -0.1) is 0 Å².